The number of hydrogen-bond acceptors (Lipinski definition) is 3. The number of furan rings is 1. The molecule has 4 heteroatoms. The van der Waals surface area contributed by atoms with E-state index in [1.54, 1.807) is 6.26 Å². The van der Waals surface area contributed by atoms with E-state index in [2.05, 4.69) is 10.6 Å². The number of carbonyl (C=O) groups is 1. The van der Waals surface area contributed by atoms with Crippen molar-refractivity contribution in [3.8, 4) is 0 Å². The lowest BCUT2D eigenvalue weighted by atomic mass is 10.2. The van der Waals surface area contributed by atoms with Crippen LogP contribution in [0.3, 0.4) is 0 Å². The third kappa shape index (κ3) is 4.06. The molecule has 1 amide bonds. The molecule has 2 rings (SSSR count). The van der Waals surface area contributed by atoms with Gasteiger partial charge in [-0.25, -0.2) is 0 Å². The normalized spacial score (nSPS) is 15.0. The predicted molar refractivity (Wildman–Crippen MR) is 61.1 cm³/mol. The molecule has 0 radical (unpaired) electrons. The second-order valence-corrected chi connectivity index (χ2v) is 4.16. The Morgan fingerprint density at radius 3 is 3.00 bits per heavy atom. The van der Waals surface area contributed by atoms with Crippen molar-refractivity contribution in [1.82, 2.24) is 10.6 Å². The van der Waals surface area contributed by atoms with Gasteiger partial charge >= 0.3 is 0 Å². The number of amides is 1. The average Bonchev–Trinajstić information content (AvgIpc) is 2.96. The Morgan fingerprint density at radius 1 is 1.44 bits per heavy atom. The summed E-state index contributed by atoms with van der Waals surface area (Å²) in [5, 5.41) is 6.23. The molecule has 0 saturated heterocycles. The predicted octanol–water partition coefficient (Wildman–Crippen LogP) is 1.08. The van der Waals surface area contributed by atoms with E-state index in [4.69, 9.17) is 4.42 Å². The molecule has 1 heterocycles. The van der Waals surface area contributed by atoms with Crippen molar-refractivity contribution in [3.63, 3.8) is 0 Å². The third-order valence-corrected chi connectivity index (χ3v) is 2.64. The van der Waals surface area contributed by atoms with Crippen molar-refractivity contribution in [1.29, 1.82) is 0 Å². The van der Waals surface area contributed by atoms with Gasteiger partial charge in [-0.1, -0.05) is 0 Å². The number of hydrogen-bond donors (Lipinski definition) is 2. The number of aryl methyl sites for hydroxylation is 1. The first-order valence-corrected chi connectivity index (χ1v) is 5.87. The van der Waals surface area contributed by atoms with Crippen LogP contribution < -0.4 is 10.6 Å². The van der Waals surface area contributed by atoms with Gasteiger partial charge < -0.3 is 15.1 Å². The molecule has 0 bridgehead atoms. The molecular formula is C12H18N2O2. The Bertz CT molecular complexity index is 318. The first-order valence-electron chi connectivity index (χ1n) is 5.87. The average molecular weight is 222 g/mol. The summed E-state index contributed by atoms with van der Waals surface area (Å²) >= 11 is 0. The molecular weight excluding hydrogens is 204 g/mol. The lowest BCUT2D eigenvalue weighted by molar-refractivity contribution is -0.121. The van der Waals surface area contributed by atoms with E-state index < -0.39 is 0 Å². The molecule has 0 atom stereocenters. The topological polar surface area (TPSA) is 54.3 Å². The lowest BCUT2D eigenvalue weighted by Crippen LogP contribution is -2.32. The lowest BCUT2D eigenvalue weighted by Gasteiger charge is -2.05. The van der Waals surface area contributed by atoms with Crippen molar-refractivity contribution in [2.45, 2.75) is 31.7 Å². The Balaban J connectivity index is 1.50. The van der Waals surface area contributed by atoms with Gasteiger partial charge in [-0.05, 0) is 25.0 Å². The standard InChI is InChI=1S/C12H18N2O2/c15-12(6-5-11-2-1-9-16-11)14-8-7-13-10-3-4-10/h1-2,9-10,13H,3-8H2,(H,14,15). The van der Waals surface area contributed by atoms with Gasteiger partial charge in [0.2, 0.25) is 5.91 Å². The first kappa shape index (κ1) is 11.2. The molecule has 1 aromatic rings. The molecule has 1 saturated carbocycles. The smallest absolute Gasteiger partial charge is 0.220 e. The fourth-order valence-electron chi connectivity index (χ4n) is 1.55. The van der Waals surface area contributed by atoms with Crippen LogP contribution in [0.1, 0.15) is 25.0 Å². The van der Waals surface area contributed by atoms with Gasteiger partial charge in [0.1, 0.15) is 5.76 Å². The zero-order chi connectivity index (χ0) is 11.2. The Morgan fingerprint density at radius 2 is 2.31 bits per heavy atom. The molecule has 0 unspecified atom stereocenters. The Hall–Kier alpha value is -1.29. The molecule has 16 heavy (non-hydrogen) atoms. The van der Waals surface area contributed by atoms with Gasteiger partial charge in [0, 0.05) is 32.0 Å². The summed E-state index contributed by atoms with van der Waals surface area (Å²) in [6.07, 6.45) is 5.37. The van der Waals surface area contributed by atoms with Crippen LogP contribution in [0.4, 0.5) is 0 Å². The maximum absolute atomic E-state index is 11.4. The zero-order valence-corrected chi connectivity index (χ0v) is 9.37. The molecule has 1 fully saturated rings. The fourth-order valence-corrected chi connectivity index (χ4v) is 1.55. The van der Waals surface area contributed by atoms with Crippen LogP contribution in [-0.2, 0) is 11.2 Å². The molecule has 1 aliphatic rings. The van der Waals surface area contributed by atoms with Crippen LogP contribution in [0, 0.1) is 0 Å². The van der Waals surface area contributed by atoms with Crippen LogP contribution in [0.15, 0.2) is 22.8 Å². The van der Waals surface area contributed by atoms with Gasteiger partial charge in [0.15, 0.2) is 0 Å². The van der Waals surface area contributed by atoms with E-state index in [9.17, 15) is 4.79 Å². The summed E-state index contributed by atoms with van der Waals surface area (Å²) in [5.41, 5.74) is 0. The molecule has 0 aromatic carbocycles. The van der Waals surface area contributed by atoms with E-state index in [0.29, 0.717) is 25.4 Å². The van der Waals surface area contributed by atoms with E-state index in [0.717, 1.165) is 12.3 Å². The minimum Gasteiger partial charge on any atom is -0.469 e. The third-order valence-electron chi connectivity index (χ3n) is 2.64. The molecule has 0 spiro atoms. The first-order chi connectivity index (χ1) is 7.84. The molecule has 2 N–H and O–H groups in total. The molecule has 1 aliphatic carbocycles. The van der Waals surface area contributed by atoms with Gasteiger partial charge in [-0.15, -0.1) is 0 Å². The summed E-state index contributed by atoms with van der Waals surface area (Å²) in [7, 11) is 0. The summed E-state index contributed by atoms with van der Waals surface area (Å²) < 4.78 is 5.16. The highest BCUT2D eigenvalue weighted by atomic mass is 16.3. The number of carbonyl (C=O) groups excluding carboxylic acids is 1. The largest absolute Gasteiger partial charge is 0.469 e. The van der Waals surface area contributed by atoms with Crippen molar-refractivity contribution in [2.24, 2.45) is 0 Å². The van der Waals surface area contributed by atoms with Crippen LogP contribution in [0.2, 0.25) is 0 Å². The molecule has 1 aromatic heterocycles. The van der Waals surface area contributed by atoms with Crippen LogP contribution in [-0.4, -0.2) is 25.0 Å². The highest BCUT2D eigenvalue weighted by molar-refractivity contribution is 5.76. The van der Waals surface area contributed by atoms with Crippen LogP contribution >= 0.6 is 0 Å². The van der Waals surface area contributed by atoms with Gasteiger partial charge in [0.05, 0.1) is 6.26 Å². The molecule has 0 aliphatic heterocycles. The molecule has 88 valence electrons. The van der Waals surface area contributed by atoms with Crippen LogP contribution in [0.5, 0.6) is 0 Å². The van der Waals surface area contributed by atoms with Crippen molar-refractivity contribution in [2.75, 3.05) is 13.1 Å². The number of nitrogens with one attached hydrogen (secondary N) is 2. The van der Waals surface area contributed by atoms with Crippen molar-refractivity contribution in [3.05, 3.63) is 24.2 Å². The SMILES string of the molecule is O=C(CCc1ccco1)NCCNC1CC1. The summed E-state index contributed by atoms with van der Waals surface area (Å²) in [6, 6.07) is 4.44. The van der Waals surface area contributed by atoms with Gasteiger partial charge in [0.25, 0.3) is 0 Å². The fraction of sp³-hybridized carbons (Fsp3) is 0.583. The minimum atomic E-state index is 0.0917. The monoisotopic (exact) mass is 222 g/mol. The van der Waals surface area contributed by atoms with E-state index >= 15 is 0 Å². The second-order valence-electron chi connectivity index (χ2n) is 4.16. The second kappa shape index (κ2) is 5.70. The Labute approximate surface area is 95.4 Å². The molecule has 4 nitrogen and oxygen atoms in total. The summed E-state index contributed by atoms with van der Waals surface area (Å²) in [6.45, 7) is 1.59. The van der Waals surface area contributed by atoms with Gasteiger partial charge in [-0.2, -0.15) is 0 Å². The van der Waals surface area contributed by atoms with E-state index in [-0.39, 0.29) is 5.91 Å². The van der Waals surface area contributed by atoms with Crippen LogP contribution in [0.25, 0.3) is 0 Å². The van der Waals surface area contributed by atoms with Gasteiger partial charge in [-0.3, -0.25) is 4.79 Å². The van der Waals surface area contributed by atoms with E-state index in [1.807, 2.05) is 12.1 Å². The highest BCUT2D eigenvalue weighted by Gasteiger charge is 2.19. The number of rotatable bonds is 7. The quantitative estimate of drug-likeness (QED) is 0.679. The maximum Gasteiger partial charge on any atom is 0.220 e. The zero-order valence-electron chi connectivity index (χ0n) is 9.37. The van der Waals surface area contributed by atoms with Crippen molar-refractivity contribution < 1.29 is 9.21 Å². The van der Waals surface area contributed by atoms with Crippen molar-refractivity contribution >= 4 is 5.91 Å². The highest BCUT2D eigenvalue weighted by Crippen LogP contribution is 2.17. The summed E-state index contributed by atoms with van der Waals surface area (Å²) in [5.74, 6) is 0.959. The summed E-state index contributed by atoms with van der Waals surface area (Å²) in [4.78, 5) is 11.4. The van der Waals surface area contributed by atoms with E-state index in [1.165, 1.54) is 12.8 Å². The minimum absolute atomic E-state index is 0.0917. The maximum atomic E-state index is 11.4. The Kier molecular flexibility index (Phi) is 3.99.